The van der Waals surface area contributed by atoms with Gasteiger partial charge in [0.2, 0.25) is 0 Å². The summed E-state index contributed by atoms with van der Waals surface area (Å²) in [5, 5.41) is 28.1. The van der Waals surface area contributed by atoms with Crippen molar-refractivity contribution in [2.24, 2.45) is 0 Å². The van der Waals surface area contributed by atoms with Gasteiger partial charge >= 0.3 is 17.9 Å². The number of imide groups is 1. The summed E-state index contributed by atoms with van der Waals surface area (Å²) in [6, 6.07) is 3.79. The maximum Gasteiger partial charge on any atom is 0.323 e. The third-order valence-electron chi connectivity index (χ3n) is 7.89. The number of carbonyl (C=O) groups is 5. The van der Waals surface area contributed by atoms with Crippen molar-refractivity contribution in [1.29, 1.82) is 0 Å². The number of thioether (sulfide) groups is 2. The first-order valence-corrected chi connectivity index (χ1v) is 20.1. The standard InChI is InChI=1S/C30H26N4O14S5/c1-13(27-31(4-2-6-53(45,46)47)15-8-14-3-5-48-16(14)9-17(15)49-27)7-18-24(41)32(10-19(35)36)28(50-18)22-25(42)33(11-20(37)38)29(51-22)23-26(43)34(12-21(39)40)30(44)52-23/h7-9H,2-6,10-12H2,1H3,(H,35,36)(H,37,38)(H,39,40)(H,45,46,47)/b18-7-,27-13+,28-22+,29-23+. The fourth-order valence-corrected chi connectivity index (χ4v) is 10.8. The highest BCUT2D eigenvalue weighted by Crippen LogP contribution is 2.50. The van der Waals surface area contributed by atoms with Crippen molar-refractivity contribution in [2.75, 3.05) is 30.3 Å². The predicted molar refractivity (Wildman–Crippen MR) is 192 cm³/mol. The summed E-state index contributed by atoms with van der Waals surface area (Å²) in [4.78, 5) is 90.7. The predicted octanol–water partition coefficient (Wildman–Crippen LogP) is 0.314. The molecular weight excluding hydrogens is 801 g/mol. The number of fused-ring (bicyclic) bond motifs is 2. The molecule has 1 saturated heterocycles. The minimum absolute atomic E-state index is 0.0209. The Morgan fingerprint density at radius 2 is 1.55 bits per heavy atom. The minimum Gasteiger partial charge on any atom is -0.493 e. The summed E-state index contributed by atoms with van der Waals surface area (Å²) in [6.07, 6.45) is 2.19. The van der Waals surface area contributed by atoms with E-state index in [2.05, 4.69) is 0 Å². The molecule has 0 atom stereocenters. The van der Waals surface area contributed by atoms with E-state index in [4.69, 9.17) is 9.84 Å². The van der Waals surface area contributed by atoms with Gasteiger partial charge < -0.3 is 25.0 Å². The lowest BCUT2D eigenvalue weighted by atomic mass is 10.1. The monoisotopic (exact) mass is 826 g/mol. The molecule has 6 rings (SSSR count). The molecule has 2 aromatic heterocycles. The van der Waals surface area contributed by atoms with Gasteiger partial charge in [-0.25, -0.2) is 0 Å². The number of nitrogens with zero attached hydrogens (tertiary/aromatic N) is 4. The zero-order chi connectivity index (χ0) is 38.5. The Morgan fingerprint density at radius 1 is 0.887 bits per heavy atom. The van der Waals surface area contributed by atoms with Crippen LogP contribution >= 0.6 is 46.2 Å². The molecule has 1 fully saturated rings. The molecule has 0 aliphatic carbocycles. The lowest BCUT2D eigenvalue weighted by Gasteiger charge is -2.22. The largest absolute Gasteiger partial charge is 0.493 e. The quantitative estimate of drug-likeness (QED) is 0.190. The molecule has 0 saturated carbocycles. The Balaban J connectivity index is 1.57. The third-order valence-corrected chi connectivity index (χ3v) is 13.5. The molecule has 0 spiro atoms. The molecule has 5 heterocycles. The number of ether oxygens (including phenoxy) is 1. The molecule has 53 heavy (non-hydrogen) atoms. The first kappa shape index (κ1) is 38.1. The summed E-state index contributed by atoms with van der Waals surface area (Å²) in [5.41, 5.74) is 0.405. The Morgan fingerprint density at radius 3 is 2.19 bits per heavy atom. The normalized spacial score (nSPS) is 18.4. The van der Waals surface area contributed by atoms with Crippen molar-refractivity contribution < 1.29 is 57.0 Å². The summed E-state index contributed by atoms with van der Waals surface area (Å²) in [5.74, 6) is -5.31. The summed E-state index contributed by atoms with van der Waals surface area (Å²) >= 11 is 2.90. The molecule has 0 radical (unpaired) electrons. The zero-order valence-electron chi connectivity index (χ0n) is 27.1. The van der Waals surface area contributed by atoms with Crippen LogP contribution in [-0.2, 0) is 48.8 Å². The maximum atomic E-state index is 13.8. The van der Waals surface area contributed by atoms with Crippen molar-refractivity contribution in [3.8, 4) is 5.75 Å². The van der Waals surface area contributed by atoms with E-state index in [9.17, 15) is 56.7 Å². The van der Waals surface area contributed by atoms with Crippen molar-refractivity contribution in [2.45, 2.75) is 37.8 Å². The van der Waals surface area contributed by atoms with E-state index in [-0.39, 0.29) is 31.4 Å². The molecule has 3 aliphatic heterocycles. The minimum atomic E-state index is -4.25. The fraction of sp³-hybridized carbons (Fsp3) is 0.300. The topological polar surface area (TPSA) is 260 Å². The second-order valence-electron chi connectivity index (χ2n) is 11.6. The molecule has 2 amide bonds. The average molecular weight is 827 g/mol. The molecule has 3 aromatic rings. The van der Waals surface area contributed by atoms with Gasteiger partial charge in [0.15, 0.2) is 0 Å². The van der Waals surface area contributed by atoms with E-state index in [1.54, 1.807) is 6.92 Å². The summed E-state index contributed by atoms with van der Waals surface area (Å²) in [6.45, 7) is -0.508. The number of anilines is 1. The number of aliphatic carboxylic acids is 3. The van der Waals surface area contributed by atoms with E-state index >= 15 is 0 Å². The number of rotatable bonds is 11. The lowest BCUT2D eigenvalue weighted by Crippen LogP contribution is -2.35. The van der Waals surface area contributed by atoms with Crippen molar-refractivity contribution in [1.82, 2.24) is 14.0 Å². The first-order valence-electron chi connectivity index (χ1n) is 15.2. The first-order chi connectivity index (χ1) is 24.9. The van der Waals surface area contributed by atoms with Gasteiger partial charge in [0.1, 0.15) is 44.1 Å². The number of aromatic nitrogens is 2. The van der Waals surface area contributed by atoms with E-state index in [1.165, 1.54) is 17.8 Å². The Labute approximate surface area is 313 Å². The van der Waals surface area contributed by atoms with Crippen LogP contribution in [0.1, 0.15) is 18.9 Å². The van der Waals surface area contributed by atoms with Gasteiger partial charge in [-0.1, -0.05) is 11.8 Å². The van der Waals surface area contributed by atoms with Crippen LogP contribution in [0.3, 0.4) is 0 Å². The van der Waals surface area contributed by atoms with Crippen LogP contribution in [-0.4, -0.2) is 96.8 Å². The lowest BCUT2D eigenvalue weighted by molar-refractivity contribution is -0.140. The number of thiazole rings is 2. The Hall–Kier alpha value is -4.68. The second-order valence-corrected chi connectivity index (χ2v) is 17.2. The molecule has 23 heteroatoms. The summed E-state index contributed by atoms with van der Waals surface area (Å²) in [7, 11) is -4.25. The fourth-order valence-electron chi connectivity index (χ4n) is 5.69. The van der Waals surface area contributed by atoms with Crippen molar-refractivity contribution in [3.05, 3.63) is 67.4 Å². The third kappa shape index (κ3) is 7.70. The SMILES string of the molecule is CC(/C=c1\s/c(=c2/s/c(=C3/SC(=O)N(CC(=O)O)C3=O)n(CC(=O)O)c2=O)n(CC(=O)O)c1=O)=C1\Sc2cc3c(cc2N1CCCS(=O)(=O)O)CCO3. The van der Waals surface area contributed by atoms with Crippen LogP contribution in [0.2, 0.25) is 0 Å². The number of carbonyl (C=O) groups excluding carboxylic acids is 2. The molecule has 1 aromatic carbocycles. The number of hydrogen-bond acceptors (Lipinski definition) is 15. The maximum absolute atomic E-state index is 13.8. The zero-order valence-corrected chi connectivity index (χ0v) is 31.2. The molecular formula is C30H26N4O14S5. The van der Waals surface area contributed by atoms with Gasteiger partial charge in [-0.15, -0.1) is 22.7 Å². The van der Waals surface area contributed by atoms with Crippen molar-refractivity contribution >= 4 is 102 Å². The van der Waals surface area contributed by atoms with Crippen molar-refractivity contribution in [3.63, 3.8) is 0 Å². The number of carboxylic acids is 3. The highest BCUT2D eigenvalue weighted by molar-refractivity contribution is 8.23. The van der Waals surface area contributed by atoms with Gasteiger partial charge in [-0.3, -0.25) is 52.1 Å². The van der Waals surface area contributed by atoms with Gasteiger partial charge in [0.05, 0.1) is 27.6 Å². The average Bonchev–Trinajstić information content (AvgIpc) is 3.86. The summed E-state index contributed by atoms with van der Waals surface area (Å²) < 4.78 is 38.7. The van der Waals surface area contributed by atoms with E-state index in [1.807, 2.05) is 17.0 Å². The molecule has 0 unspecified atom stereocenters. The van der Waals surface area contributed by atoms with Crippen LogP contribution in [0.25, 0.3) is 11.0 Å². The molecule has 3 aliphatic rings. The number of benzene rings is 1. The van der Waals surface area contributed by atoms with E-state index in [0.717, 1.165) is 32.1 Å². The second kappa shape index (κ2) is 14.6. The van der Waals surface area contributed by atoms with Gasteiger partial charge in [0, 0.05) is 17.9 Å². The molecule has 280 valence electrons. The number of amides is 2. The highest BCUT2D eigenvalue weighted by atomic mass is 32.2. The van der Waals surface area contributed by atoms with Crippen LogP contribution in [0.4, 0.5) is 10.5 Å². The molecule has 18 nitrogen and oxygen atoms in total. The molecule has 0 bridgehead atoms. The van der Waals surface area contributed by atoms with Gasteiger partial charge in [-0.2, -0.15) is 8.42 Å². The van der Waals surface area contributed by atoms with Gasteiger partial charge in [0.25, 0.3) is 32.4 Å². The number of allylic oxidation sites excluding steroid dienone is 1. The van der Waals surface area contributed by atoms with Crippen LogP contribution < -0.4 is 30.0 Å². The van der Waals surface area contributed by atoms with Crippen LogP contribution in [0, 0.1) is 9.20 Å². The number of hydrogen-bond donors (Lipinski definition) is 4. The van der Waals surface area contributed by atoms with Gasteiger partial charge in [-0.05, 0) is 54.5 Å². The Kier molecular flexibility index (Phi) is 10.5. The molecule has 4 N–H and O–H groups in total. The van der Waals surface area contributed by atoms with E-state index in [0.29, 0.717) is 61.9 Å². The number of carboxylic acid groups (broad SMARTS) is 3. The van der Waals surface area contributed by atoms with Crippen LogP contribution in [0.5, 0.6) is 5.75 Å². The Bertz CT molecular complexity index is 2640. The van der Waals surface area contributed by atoms with E-state index < -0.39 is 80.6 Å². The smallest absolute Gasteiger partial charge is 0.323 e. The highest BCUT2D eigenvalue weighted by Gasteiger charge is 2.38. The van der Waals surface area contributed by atoms with Crippen LogP contribution in [0.15, 0.2) is 37.2 Å².